The third-order valence-corrected chi connectivity index (χ3v) is 3.58. The minimum absolute atomic E-state index is 0.617. The minimum Gasteiger partial charge on any atom is -0.319 e. The molecule has 17 heavy (non-hydrogen) atoms. The average molecular weight is 226 g/mol. The highest BCUT2D eigenvalue weighted by atomic mass is 15.2. The molecule has 1 aliphatic heterocycles. The summed E-state index contributed by atoms with van der Waals surface area (Å²) in [6.45, 7) is 6.68. The van der Waals surface area contributed by atoms with Crippen molar-refractivity contribution in [1.82, 2.24) is 9.47 Å². The molecule has 1 aromatic carbocycles. The maximum Gasteiger partial charge on any atom is 0.0452 e. The van der Waals surface area contributed by atoms with E-state index in [9.17, 15) is 0 Å². The van der Waals surface area contributed by atoms with E-state index in [0.29, 0.717) is 6.04 Å². The van der Waals surface area contributed by atoms with E-state index in [1.165, 1.54) is 16.9 Å². The summed E-state index contributed by atoms with van der Waals surface area (Å²) in [5, 5.41) is 0. The fraction of sp³-hybridized carbons (Fsp3) is 0.333. The molecule has 0 saturated carbocycles. The Morgan fingerprint density at radius 3 is 2.47 bits per heavy atom. The Bertz CT molecular complexity index is 511. The van der Waals surface area contributed by atoms with Crippen LogP contribution in [0.2, 0.25) is 0 Å². The van der Waals surface area contributed by atoms with Gasteiger partial charge in [0.2, 0.25) is 0 Å². The quantitative estimate of drug-likeness (QED) is 0.763. The number of rotatable bonds is 2. The summed E-state index contributed by atoms with van der Waals surface area (Å²) in [7, 11) is 0. The van der Waals surface area contributed by atoms with E-state index in [2.05, 4.69) is 65.9 Å². The van der Waals surface area contributed by atoms with Crippen LogP contribution in [0.3, 0.4) is 0 Å². The van der Waals surface area contributed by atoms with Gasteiger partial charge in [-0.3, -0.25) is 4.90 Å². The Morgan fingerprint density at radius 2 is 1.76 bits per heavy atom. The van der Waals surface area contributed by atoms with Crippen molar-refractivity contribution in [1.29, 1.82) is 0 Å². The normalized spacial score (nSPS) is 15.5. The SMILES string of the molecule is CC(C)N1Cc2ccn(-c3ccccc3)c2C1. The predicted octanol–water partition coefficient (Wildman–Crippen LogP) is 3.20. The summed E-state index contributed by atoms with van der Waals surface area (Å²) in [5.41, 5.74) is 4.19. The van der Waals surface area contributed by atoms with Crippen LogP contribution in [0.15, 0.2) is 42.6 Å². The van der Waals surface area contributed by atoms with Crippen LogP contribution >= 0.6 is 0 Å². The molecule has 0 amide bonds. The molecule has 2 heterocycles. The van der Waals surface area contributed by atoms with Crippen LogP contribution in [-0.4, -0.2) is 15.5 Å². The van der Waals surface area contributed by atoms with E-state index < -0.39 is 0 Å². The fourth-order valence-electron chi connectivity index (χ4n) is 2.49. The molecule has 0 N–H and O–H groups in total. The second-order valence-corrected chi connectivity index (χ2v) is 4.99. The maximum absolute atomic E-state index is 2.50. The van der Waals surface area contributed by atoms with Gasteiger partial charge in [0.1, 0.15) is 0 Å². The molecule has 3 rings (SSSR count). The lowest BCUT2D eigenvalue weighted by Gasteiger charge is -2.20. The van der Waals surface area contributed by atoms with Crippen molar-refractivity contribution in [2.24, 2.45) is 0 Å². The van der Waals surface area contributed by atoms with Crippen molar-refractivity contribution >= 4 is 0 Å². The smallest absolute Gasteiger partial charge is 0.0452 e. The second-order valence-electron chi connectivity index (χ2n) is 4.99. The van der Waals surface area contributed by atoms with E-state index in [4.69, 9.17) is 0 Å². The fourth-order valence-corrected chi connectivity index (χ4v) is 2.49. The molecular formula is C15H18N2. The second kappa shape index (κ2) is 4.04. The van der Waals surface area contributed by atoms with Gasteiger partial charge in [0, 0.05) is 36.7 Å². The zero-order valence-electron chi connectivity index (χ0n) is 10.4. The summed E-state index contributed by atoms with van der Waals surface area (Å²) in [5.74, 6) is 0. The van der Waals surface area contributed by atoms with Crippen molar-refractivity contribution in [3.63, 3.8) is 0 Å². The molecule has 1 aliphatic rings. The third kappa shape index (κ3) is 1.79. The monoisotopic (exact) mass is 226 g/mol. The molecule has 0 unspecified atom stereocenters. The zero-order chi connectivity index (χ0) is 11.8. The molecule has 0 atom stereocenters. The van der Waals surface area contributed by atoms with Crippen molar-refractivity contribution in [2.45, 2.75) is 33.0 Å². The third-order valence-electron chi connectivity index (χ3n) is 3.58. The molecule has 0 spiro atoms. The summed E-state index contributed by atoms with van der Waals surface area (Å²) >= 11 is 0. The van der Waals surface area contributed by atoms with E-state index >= 15 is 0 Å². The number of nitrogens with zero attached hydrogens (tertiary/aromatic N) is 2. The number of fused-ring (bicyclic) bond motifs is 1. The van der Waals surface area contributed by atoms with Crippen molar-refractivity contribution in [2.75, 3.05) is 0 Å². The molecule has 0 saturated heterocycles. The number of hydrogen-bond donors (Lipinski definition) is 0. The first-order valence-electron chi connectivity index (χ1n) is 6.24. The van der Waals surface area contributed by atoms with Gasteiger partial charge in [-0.05, 0) is 37.6 Å². The Morgan fingerprint density at radius 1 is 1.00 bits per heavy atom. The van der Waals surface area contributed by atoms with Crippen LogP contribution < -0.4 is 0 Å². The number of aromatic nitrogens is 1. The number of para-hydroxylation sites is 1. The van der Waals surface area contributed by atoms with Gasteiger partial charge >= 0.3 is 0 Å². The molecule has 0 bridgehead atoms. The van der Waals surface area contributed by atoms with Crippen molar-refractivity contribution < 1.29 is 0 Å². The molecule has 0 aliphatic carbocycles. The topological polar surface area (TPSA) is 8.17 Å². The van der Waals surface area contributed by atoms with Crippen molar-refractivity contribution in [3.8, 4) is 5.69 Å². The van der Waals surface area contributed by atoms with Crippen LogP contribution in [0, 0.1) is 0 Å². The van der Waals surface area contributed by atoms with Crippen LogP contribution in [0.1, 0.15) is 25.1 Å². The Hall–Kier alpha value is -1.54. The molecule has 2 heteroatoms. The number of hydrogen-bond acceptors (Lipinski definition) is 1. The zero-order valence-corrected chi connectivity index (χ0v) is 10.4. The van der Waals surface area contributed by atoms with Crippen molar-refractivity contribution in [3.05, 3.63) is 53.9 Å². The highest BCUT2D eigenvalue weighted by Gasteiger charge is 2.24. The van der Waals surface area contributed by atoms with E-state index in [0.717, 1.165) is 13.1 Å². The first-order chi connectivity index (χ1) is 8.25. The molecule has 0 fully saturated rings. The van der Waals surface area contributed by atoms with Crippen LogP contribution in [-0.2, 0) is 13.1 Å². The van der Waals surface area contributed by atoms with Gasteiger partial charge in [-0.25, -0.2) is 0 Å². The van der Waals surface area contributed by atoms with E-state index in [1.54, 1.807) is 0 Å². The first-order valence-corrected chi connectivity index (χ1v) is 6.24. The standard InChI is InChI=1S/C15H18N2/c1-12(2)16-10-13-8-9-17(15(13)11-16)14-6-4-3-5-7-14/h3-9,12H,10-11H2,1-2H3. The Labute approximate surface area is 102 Å². The van der Waals surface area contributed by atoms with Gasteiger partial charge < -0.3 is 4.57 Å². The highest BCUT2D eigenvalue weighted by molar-refractivity contribution is 5.39. The van der Waals surface area contributed by atoms with E-state index in [-0.39, 0.29) is 0 Å². The van der Waals surface area contributed by atoms with Gasteiger partial charge in [-0.2, -0.15) is 0 Å². The van der Waals surface area contributed by atoms with Crippen LogP contribution in [0.4, 0.5) is 0 Å². The van der Waals surface area contributed by atoms with Gasteiger partial charge in [0.25, 0.3) is 0 Å². The van der Waals surface area contributed by atoms with Gasteiger partial charge in [-0.1, -0.05) is 18.2 Å². The summed E-state index contributed by atoms with van der Waals surface area (Å²) in [4.78, 5) is 2.50. The van der Waals surface area contributed by atoms with Crippen LogP contribution in [0.25, 0.3) is 5.69 Å². The van der Waals surface area contributed by atoms with Gasteiger partial charge in [-0.15, -0.1) is 0 Å². The minimum atomic E-state index is 0.617. The Balaban J connectivity index is 1.97. The average Bonchev–Trinajstić information content (AvgIpc) is 2.89. The molecule has 0 radical (unpaired) electrons. The molecule has 88 valence electrons. The molecule has 1 aromatic heterocycles. The summed E-state index contributed by atoms with van der Waals surface area (Å²) in [6, 6.07) is 13.5. The maximum atomic E-state index is 2.50. The lowest BCUT2D eigenvalue weighted by Crippen LogP contribution is -2.25. The highest BCUT2D eigenvalue weighted by Crippen LogP contribution is 2.27. The Kier molecular flexibility index (Phi) is 2.52. The molecular weight excluding hydrogens is 208 g/mol. The largest absolute Gasteiger partial charge is 0.319 e. The lowest BCUT2D eigenvalue weighted by molar-refractivity contribution is 0.224. The molecule has 2 nitrogen and oxygen atoms in total. The first kappa shape index (κ1) is 10.6. The van der Waals surface area contributed by atoms with Gasteiger partial charge in [0.05, 0.1) is 0 Å². The lowest BCUT2D eigenvalue weighted by atomic mass is 10.3. The predicted molar refractivity (Wildman–Crippen MR) is 70.2 cm³/mol. The summed E-state index contributed by atoms with van der Waals surface area (Å²) in [6.07, 6.45) is 2.19. The van der Waals surface area contributed by atoms with Crippen LogP contribution in [0.5, 0.6) is 0 Å². The summed E-state index contributed by atoms with van der Waals surface area (Å²) < 4.78 is 2.32. The van der Waals surface area contributed by atoms with E-state index in [1.807, 2.05) is 0 Å². The number of benzene rings is 1. The molecule has 2 aromatic rings. The van der Waals surface area contributed by atoms with Gasteiger partial charge in [0.15, 0.2) is 0 Å².